The van der Waals surface area contributed by atoms with Crippen LogP contribution in [0.5, 0.6) is 0 Å². The molecule has 23 heavy (non-hydrogen) atoms. The molecule has 0 amide bonds. The van der Waals surface area contributed by atoms with Crippen LogP contribution in [-0.2, 0) is 13.1 Å². The molecule has 3 nitrogen and oxygen atoms in total. The highest BCUT2D eigenvalue weighted by Crippen LogP contribution is 2.13. The van der Waals surface area contributed by atoms with Crippen LogP contribution in [-0.4, -0.2) is 33.8 Å². The van der Waals surface area contributed by atoms with Crippen molar-refractivity contribution in [3.8, 4) is 0 Å². The molecule has 1 heterocycles. The molecule has 0 spiro atoms. The van der Waals surface area contributed by atoms with Gasteiger partial charge in [-0.3, -0.25) is 4.90 Å². The number of rotatable bonds is 8. The number of nitrogens with zero attached hydrogens (tertiary/aromatic N) is 2. The van der Waals surface area contributed by atoms with Crippen LogP contribution in [0.4, 0.5) is 4.39 Å². The van der Waals surface area contributed by atoms with Crippen LogP contribution in [0.15, 0.2) is 42.6 Å². The van der Waals surface area contributed by atoms with Crippen molar-refractivity contribution in [2.75, 3.05) is 13.1 Å². The first-order valence-corrected chi connectivity index (χ1v) is 8.23. The van der Waals surface area contributed by atoms with Gasteiger partial charge in [0.05, 0.1) is 6.10 Å². The predicted molar refractivity (Wildman–Crippen MR) is 91.7 cm³/mol. The number of benzene rings is 1. The van der Waals surface area contributed by atoms with Gasteiger partial charge in [-0.15, -0.1) is 0 Å². The van der Waals surface area contributed by atoms with Crippen molar-refractivity contribution in [3.63, 3.8) is 0 Å². The second-order valence-electron chi connectivity index (χ2n) is 6.69. The SMILES string of the molecule is CC(C)CN(Cc1cccn1Cc1ccc(F)cc1)CC(C)O. The fourth-order valence-electron chi connectivity index (χ4n) is 2.86. The Labute approximate surface area is 138 Å². The summed E-state index contributed by atoms with van der Waals surface area (Å²) in [6.07, 6.45) is 1.71. The molecule has 2 rings (SSSR count). The fourth-order valence-corrected chi connectivity index (χ4v) is 2.86. The summed E-state index contributed by atoms with van der Waals surface area (Å²) >= 11 is 0. The van der Waals surface area contributed by atoms with Gasteiger partial charge in [0.15, 0.2) is 0 Å². The highest BCUT2D eigenvalue weighted by molar-refractivity contribution is 5.18. The van der Waals surface area contributed by atoms with E-state index in [0.29, 0.717) is 12.5 Å². The molecule has 2 aromatic rings. The molecule has 0 fully saturated rings. The van der Waals surface area contributed by atoms with E-state index >= 15 is 0 Å². The third kappa shape index (κ3) is 5.81. The van der Waals surface area contributed by atoms with Gasteiger partial charge in [-0.2, -0.15) is 0 Å². The van der Waals surface area contributed by atoms with E-state index in [2.05, 4.69) is 35.6 Å². The van der Waals surface area contributed by atoms with Crippen LogP contribution in [0.25, 0.3) is 0 Å². The van der Waals surface area contributed by atoms with Gasteiger partial charge in [-0.05, 0) is 42.7 Å². The highest BCUT2D eigenvalue weighted by atomic mass is 19.1. The Morgan fingerprint density at radius 3 is 2.39 bits per heavy atom. The lowest BCUT2D eigenvalue weighted by Gasteiger charge is -2.26. The number of halogens is 1. The lowest BCUT2D eigenvalue weighted by molar-refractivity contribution is 0.113. The van der Waals surface area contributed by atoms with Crippen LogP contribution in [0.1, 0.15) is 32.0 Å². The number of hydrogen-bond donors (Lipinski definition) is 1. The van der Waals surface area contributed by atoms with E-state index in [-0.39, 0.29) is 11.9 Å². The van der Waals surface area contributed by atoms with E-state index < -0.39 is 0 Å². The smallest absolute Gasteiger partial charge is 0.123 e. The van der Waals surface area contributed by atoms with E-state index in [9.17, 15) is 9.50 Å². The maximum absolute atomic E-state index is 13.0. The van der Waals surface area contributed by atoms with Crippen molar-refractivity contribution < 1.29 is 9.50 Å². The first kappa shape index (κ1) is 17.7. The second kappa shape index (κ2) is 8.27. The van der Waals surface area contributed by atoms with Crippen LogP contribution in [0.3, 0.4) is 0 Å². The lowest BCUT2D eigenvalue weighted by atomic mass is 10.2. The normalized spacial score (nSPS) is 13.0. The summed E-state index contributed by atoms with van der Waals surface area (Å²) in [5, 5.41) is 9.71. The fraction of sp³-hybridized carbons (Fsp3) is 0.474. The van der Waals surface area contributed by atoms with Gasteiger partial charge in [0, 0.05) is 38.1 Å². The first-order chi connectivity index (χ1) is 10.9. The highest BCUT2D eigenvalue weighted by Gasteiger charge is 2.13. The maximum atomic E-state index is 13.0. The quantitative estimate of drug-likeness (QED) is 0.807. The molecule has 0 radical (unpaired) electrons. The summed E-state index contributed by atoms with van der Waals surface area (Å²) in [5.41, 5.74) is 2.28. The topological polar surface area (TPSA) is 28.4 Å². The minimum Gasteiger partial charge on any atom is -0.392 e. The number of aliphatic hydroxyl groups is 1. The van der Waals surface area contributed by atoms with Crippen LogP contribution in [0.2, 0.25) is 0 Å². The zero-order valence-corrected chi connectivity index (χ0v) is 14.2. The molecule has 1 N–H and O–H groups in total. The zero-order valence-electron chi connectivity index (χ0n) is 14.2. The molecule has 0 aliphatic rings. The molecule has 0 aliphatic heterocycles. The van der Waals surface area contributed by atoms with Gasteiger partial charge in [-0.1, -0.05) is 26.0 Å². The summed E-state index contributed by atoms with van der Waals surface area (Å²) in [6, 6.07) is 10.8. The van der Waals surface area contributed by atoms with Crippen molar-refractivity contribution in [2.45, 2.75) is 40.0 Å². The molecular weight excluding hydrogens is 291 g/mol. The minimum atomic E-state index is -0.339. The number of aromatic nitrogens is 1. The van der Waals surface area contributed by atoms with Gasteiger partial charge in [0.2, 0.25) is 0 Å². The Morgan fingerprint density at radius 2 is 1.78 bits per heavy atom. The largest absolute Gasteiger partial charge is 0.392 e. The van der Waals surface area contributed by atoms with Gasteiger partial charge in [0.1, 0.15) is 5.82 Å². The summed E-state index contributed by atoms with van der Waals surface area (Å²) in [4.78, 5) is 2.28. The summed E-state index contributed by atoms with van der Waals surface area (Å²) < 4.78 is 15.2. The van der Waals surface area contributed by atoms with E-state index in [0.717, 1.165) is 25.2 Å². The Morgan fingerprint density at radius 1 is 1.09 bits per heavy atom. The predicted octanol–water partition coefficient (Wildman–Crippen LogP) is 3.51. The standard InChI is InChI=1S/C19H27FN2O/c1-15(2)11-21(12-16(3)23)14-19-5-4-10-22(19)13-17-6-8-18(20)9-7-17/h4-10,15-16,23H,11-14H2,1-3H3. The average molecular weight is 318 g/mol. The molecule has 1 aromatic heterocycles. The molecule has 0 saturated heterocycles. The van der Waals surface area contributed by atoms with Crippen molar-refractivity contribution in [2.24, 2.45) is 5.92 Å². The molecule has 0 saturated carbocycles. The minimum absolute atomic E-state index is 0.207. The lowest BCUT2D eigenvalue weighted by Crippen LogP contribution is -2.34. The van der Waals surface area contributed by atoms with Crippen molar-refractivity contribution in [1.82, 2.24) is 9.47 Å². The molecule has 1 aromatic carbocycles. The third-order valence-electron chi connectivity index (χ3n) is 3.72. The Balaban J connectivity index is 2.07. The van der Waals surface area contributed by atoms with Crippen molar-refractivity contribution in [1.29, 1.82) is 0 Å². The van der Waals surface area contributed by atoms with E-state index in [1.807, 2.05) is 25.1 Å². The molecule has 0 aliphatic carbocycles. The third-order valence-corrected chi connectivity index (χ3v) is 3.72. The monoisotopic (exact) mass is 318 g/mol. The summed E-state index contributed by atoms with van der Waals surface area (Å²) in [7, 11) is 0. The van der Waals surface area contributed by atoms with Crippen LogP contribution < -0.4 is 0 Å². The molecular formula is C19H27FN2O. The molecule has 1 atom stereocenters. The Kier molecular flexibility index (Phi) is 6.37. The van der Waals surface area contributed by atoms with Gasteiger partial charge < -0.3 is 9.67 Å². The Bertz CT molecular complexity index is 580. The van der Waals surface area contributed by atoms with E-state index in [1.54, 1.807) is 0 Å². The molecule has 126 valence electrons. The van der Waals surface area contributed by atoms with E-state index in [1.165, 1.54) is 17.8 Å². The number of aliphatic hydroxyl groups excluding tert-OH is 1. The van der Waals surface area contributed by atoms with Gasteiger partial charge in [0.25, 0.3) is 0 Å². The Hall–Kier alpha value is -1.65. The molecule has 4 heteroatoms. The maximum Gasteiger partial charge on any atom is 0.123 e. The van der Waals surface area contributed by atoms with Crippen LogP contribution >= 0.6 is 0 Å². The van der Waals surface area contributed by atoms with Crippen LogP contribution in [0, 0.1) is 11.7 Å². The number of hydrogen-bond acceptors (Lipinski definition) is 2. The van der Waals surface area contributed by atoms with E-state index in [4.69, 9.17) is 0 Å². The van der Waals surface area contributed by atoms with Gasteiger partial charge >= 0.3 is 0 Å². The zero-order chi connectivity index (χ0) is 16.8. The molecule has 1 unspecified atom stereocenters. The van der Waals surface area contributed by atoms with Gasteiger partial charge in [-0.25, -0.2) is 4.39 Å². The average Bonchev–Trinajstić information content (AvgIpc) is 2.87. The second-order valence-corrected chi connectivity index (χ2v) is 6.69. The van der Waals surface area contributed by atoms with Crippen molar-refractivity contribution in [3.05, 3.63) is 59.7 Å². The summed E-state index contributed by atoms with van der Waals surface area (Å²) in [5.74, 6) is 0.343. The summed E-state index contributed by atoms with van der Waals surface area (Å²) in [6.45, 7) is 9.35. The van der Waals surface area contributed by atoms with Crippen molar-refractivity contribution >= 4 is 0 Å². The first-order valence-electron chi connectivity index (χ1n) is 8.23. The molecule has 0 bridgehead atoms.